The fourth-order valence-electron chi connectivity index (χ4n) is 4.12. The van der Waals surface area contributed by atoms with Crippen molar-refractivity contribution in [1.82, 2.24) is 0 Å². The van der Waals surface area contributed by atoms with Gasteiger partial charge in [0.2, 0.25) is 5.78 Å². The van der Waals surface area contributed by atoms with E-state index in [-0.39, 0.29) is 11.3 Å². The number of nitrogens with zero attached hydrogens (tertiary/aromatic N) is 1. The third-order valence-corrected chi connectivity index (χ3v) is 6.11. The van der Waals surface area contributed by atoms with Gasteiger partial charge in [-0.3, -0.25) is 14.5 Å². The van der Waals surface area contributed by atoms with Crippen molar-refractivity contribution in [3.05, 3.63) is 111 Å². The smallest absolute Gasteiger partial charge is 0.294 e. The van der Waals surface area contributed by atoms with Gasteiger partial charge in [0, 0.05) is 15.5 Å². The summed E-state index contributed by atoms with van der Waals surface area (Å²) in [6.45, 7) is 1.89. The Morgan fingerprint density at radius 2 is 1.82 bits per heavy atom. The number of aryl methyl sites for hydroxylation is 1. The molecule has 0 bridgehead atoms. The van der Waals surface area contributed by atoms with Crippen LogP contribution < -0.4 is 4.90 Å². The van der Waals surface area contributed by atoms with Crippen LogP contribution >= 0.6 is 15.9 Å². The Bertz CT molecular complexity index is 1450. The van der Waals surface area contributed by atoms with Crippen LogP contribution in [0.15, 0.2) is 93.0 Å². The van der Waals surface area contributed by atoms with E-state index in [0.717, 1.165) is 10.0 Å². The number of carbonyl (C=O) groups excluding carboxylic acids is 2. The van der Waals surface area contributed by atoms with E-state index in [1.807, 2.05) is 31.2 Å². The Balaban J connectivity index is 1.66. The molecule has 0 saturated carbocycles. The lowest BCUT2D eigenvalue weighted by Crippen LogP contribution is -2.31. The van der Waals surface area contributed by atoms with E-state index in [4.69, 9.17) is 4.42 Å². The number of aliphatic hydroxyl groups is 1. The van der Waals surface area contributed by atoms with Gasteiger partial charge >= 0.3 is 0 Å². The Hall–Kier alpha value is -3.71. The summed E-state index contributed by atoms with van der Waals surface area (Å²) in [6, 6.07) is 18.7. The number of benzene rings is 3. The number of anilines is 1. The lowest BCUT2D eigenvalue weighted by atomic mass is 9.94. The van der Waals surface area contributed by atoms with Gasteiger partial charge in [-0.25, -0.2) is 4.39 Å². The average molecular weight is 506 g/mol. The highest BCUT2D eigenvalue weighted by Gasteiger charge is 2.45. The lowest BCUT2D eigenvalue weighted by Gasteiger charge is -2.27. The third kappa shape index (κ3) is 3.64. The molecule has 5 nitrogen and oxygen atoms in total. The van der Waals surface area contributed by atoms with Gasteiger partial charge in [-0.2, -0.15) is 0 Å². The number of hydrogen-bond donors (Lipinski definition) is 1. The first-order valence-electron chi connectivity index (χ1n) is 10.2. The van der Waals surface area contributed by atoms with E-state index in [1.54, 1.807) is 24.3 Å². The van der Waals surface area contributed by atoms with Gasteiger partial charge in [0.05, 0.1) is 11.6 Å². The van der Waals surface area contributed by atoms with E-state index in [0.29, 0.717) is 22.2 Å². The second-order valence-corrected chi connectivity index (χ2v) is 8.77. The number of amides is 1. The molecular weight excluding hydrogens is 489 g/mol. The van der Waals surface area contributed by atoms with Gasteiger partial charge in [-0.15, -0.1) is 0 Å². The molecule has 7 heteroatoms. The van der Waals surface area contributed by atoms with Crippen LogP contribution in [0.1, 0.15) is 27.7 Å². The molecule has 4 aromatic rings. The summed E-state index contributed by atoms with van der Waals surface area (Å²) in [7, 11) is 0. The molecule has 0 radical (unpaired) electrons. The molecule has 1 aliphatic rings. The number of rotatable bonds is 4. The molecule has 1 unspecified atom stereocenters. The minimum atomic E-state index is -0.907. The second kappa shape index (κ2) is 8.01. The molecule has 1 N–H and O–H groups in total. The number of carbonyl (C=O) groups is 2. The largest absolute Gasteiger partial charge is 0.503 e. The van der Waals surface area contributed by atoms with Gasteiger partial charge in [-0.05, 0) is 61.0 Å². The molecular formula is C26H17BrFNO4. The van der Waals surface area contributed by atoms with Crippen molar-refractivity contribution in [3.8, 4) is 0 Å². The van der Waals surface area contributed by atoms with Gasteiger partial charge < -0.3 is 9.52 Å². The van der Waals surface area contributed by atoms with Gasteiger partial charge in [0.25, 0.3) is 5.91 Å². The third-order valence-electron chi connectivity index (χ3n) is 5.62. The number of fused-ring (bicyclic) bond motifs is 1. The van der Waals surface area contributed by atoms with Crippen LogP contribution in [0.2, 0.25) is 0 Å². The molecule has 1 aliphatic heterocycles. The number of ketones is 1. The van der Waals surface area contributed by atoms with Crippen molar-refractivity contribution in [3.63, 3.8) is 0 Å². The normalized spacial score (nSPS) is 16.2. The monoisotopic (exact) mass is 505 g/mol. The summed E-state index contributed by atoms with van der Waals surface area (Å²) in [4.78, 5) is 28.1. The van der Waals surface area contributed by atoms with Crippen LogP contribution in [-0.2, 0) is 4.79 Å². The first-order valence-corrected chi connectivity index (χ1v) is 11.0. The van der Waals surface area contributed by atoms with Crippen molar-refractivity contribution in [2.75, 3.05) is 4.90 Å². The zero-order valence-corrected chi connectivity index (χ0v) is 19.0. The van der Waals surface area contributed by atoms with Crippen molar-refractivity contribution in [1.29, 1.82) is 0 Å². The minimum absolute atomic E-state index is 0.0102. The number of Topliss-reactive ketones (excluding diaryl/α,β-unsaturated/α-hetero) is 1. The van der Waals surface area contributed by atoms with Crippen molar-refractivity contribution in [2.45, 2.75) is 13.0 Å². The van der Waals surface area contributed by atoms with Gasteiger partial charge in [0.15, 0.2) is 11.5 Å². The highest BCUT2D eigenvalue weighted by molar-refractivity contribution is 9.10. The Morgan fingerprint density at radius 1 is 1.06 bits per heavy atom. The minimum Gasteiger partial charge on any atom is -0.503 e. The maximum absolute atomic E-state index is 13.6. The average Bonchev–Trinajstić information content (AvgIpc) is 3.33. The predicted octanol–water partition coefficient (Wildman–Crippen LogP) is 6.43. The molecule has 1 aromatic heterocycles. The molecule has 33 heavy (non-hydrogen) atoms. The summed E-state index contributed by atoms with van der Waals surface area (Å²) in [6.07, 6.45) is 0. The van der Waals surface area contributed by atoms with Crippen LogP contribution in [0.4, 0.5) is 10.1 Å². The summed E-state index contributed by atoms with van der Waals surface area (Å²) >= 11 is 3.39. The van der Waals surface area contributed by atoms with E-state index in [1.165, 1.54) is 29.2 Å². The fraction of sp³-hybridized carbons (Fsp3) is 0.0769. The maximum Gasteiger partial charge on any atom is 0.294 e. The molecule has 0 aliphatic carbocycles. The Morgan fingerprint density at radius 3 is 2.55 bits per heavy atom. The van der Waals surface area contributed by atoms with E-state index in [9.17, 15) is 19.1 Å². The highest BCUT2D eigenvalue weighted by Crippen LogP contribution is 2.42. The molecule has 3 aromatic carbocycles. The molecule has 0 spiro atoms. The fourth-order valence-corrected chi connectivity index (χ4v) is 4.50. The van der Waals surface area contributed by atoms with E-state index in [2.05, 4.69) is 15.9 Å². The standard InChI is InChI=1S/C26H17BrFNO4/c1-14-3-2-4-15(11-14)23-22(24(30)21-13-16-12-17(27)5-10-20(16)33-21)25(31)26(32)29(23)19-8-6-18(28)7-9-19/h2-13,23,31H,1H3. The van der Waals surface area contributed by atoms with Crippen molar-refractivity contribution < 1.29 is 23.5 Å². The zero-order chi connectivity index (χ0) is 23.3. The Labute approximate surface area is 196 Å². The van der Waals surface area contributed by atoms with Crippen LogP contribution in [0.25, 0.3) is 11.0 Å². The topological polar surface area (TPSA) is 70.7 Å². The highest BCUT2D eigenvalue weighted by atomic mass is 79.9. The molecule has 1 atom stereocenters. The quantitative estimate of drug-likeness (QED) is 0.324. The summed E-state index contributed by atoms with van der Waals surface area (Å²) in [5.74, 6) is -2.44. The SMILES string of the molecule is Cc1cccc(C2C(C(=O)c3cc4cc(Br)ccc4o3)=C(O)C(=O)N2c2ccc(F)cc2)c1. The summed E-state index contributed by atoms with van der Waals surface area (Å²) in [5, 5.41) is 11.5. The zero-order valence-electron chi connectivity index (χ0n) is 17.4. The second-order valence-electron chi connectivity index (χ2n) is 7.85. The Kier molecular flexibility index (Phi) is 5.13. The van der Waals surface area contributed by atoms with Crippen molar-refractivity contribution >= 4 is 44.3 Å². The first kappa shape index (κ1) is 21.2. The molecule has 164 valence electrons. The number of furan rings is 1. The number of aliphatic hydroxyl groups excluding tert-OH is 1. The maximum atomic E-state index is 13.6. The van der Waals surface area contributed by atoms with Gasteiger partial charge in [-0.1, -0.05) is 45.8 Å². The molecule has 5 rings (SSSR count). The van der Waals surface area contributed by atoms with Crippen LogP contribution in [0, 0.1) is 12.7 Å². The van der Waals surface area contributed by atoms with Crippen molar-refractivity contribution in [2.24, 2.45) is 0 Å². The first-order chi connectivity index (χ1) is 15.8. The lowest BCUT2D eigenvalue weighted by molar-refractivity contribution is -0.117. The molecule has 0 fully saturated rings. The molecule has 1 amide bonds. The number of halogens is 2. The summed E-state index contributed by atoms with van der Waals surface area (Å²) in [5.41, 5.74) is 2.34. The van der Waals surface area contributed by atoms with E-state index < -0.39 is 29.3 Å². The molecule has 0 saturated heterocycles. The van der Waals surface area contributed by atoms with E-state index >= 15 is 0 Å². The molecule has 2 heterocycles. The van der Waals surface area contributed by atoms with Gasteiger partial charge in [0.1, 0.15) is 11.4 Å². The summed E-state index contributed by atoms with van der Waals surface area (Å²) < 4.78 is 20.1. The predicted molar refractivity (Wildman–Crippen MR) is 126 cm³/mol. The van der Waals surface area contributed by atoms with Crippen LogP contribution in [-0.4, -0.2) is 16.8 Å². The van der Waals surface area contributed by atoms with Crippen LogP contribution in [0.3, 0.4) is 0 Å². The van der Waals surface area contributed by atoms with Crippen LogP contribution in [0.5, 0.6) is 0 Å². The number of hydrogen-bond acceptors (Lipinski definition) is 4.